The third kappa shape index (κ3) is 3.95. The van der Waals surface area contributed by atoms with Crippen LogP contribution in [-0.2, 0) is 4.79 Å². The third-order valence-corrected chi connectivity index (χ3v) is 4.92. The largest absolute Gasteiger partial charge is 0.497 e. The van der Waals surface area contributed by atoms with Crippen LogP contribution in [0.5, 0.6) is 5.75 Å². The molecule has 28 heavy (non-hydrogen) atoms. The molecule has 0 spiro atoms. The summed E-state index contributed by atoms with van der Waals surface area (Å²) >= 11 is 0. The zero-order valence-electron chi connectivity index (χ0n) is 15.5. The summed E-state index contributed by atoms with van der Waals surface area (Å²) in [6.07, 6.45) is 2.95. The zero-order chi connectivity index (χ0) is 19.3. The van der Waals surface area contributed by atoms with E-state index in [9.17, 15) is 4.79 Å². The molecule has 0 radical (unpaired) electrons. The second-order valence-corrected chi connectivity index (χ2v) is 6.64. The highest BCUT2D eigenvalue weighted by Gasteiger charge is 2.26. The molecule has 1 aliphatic rings. The number of nitrogens with one attached hydrogen (secondary N) is 1. The number of carbonyl (C=O) groups excluding carboxylic acids is 1. The van der Waals surface area contributed by atoms with Gasteiger partial charge in [0.25, 0.3) is 0 Å². The molecule has 0 aliphatic carbocycles. The summed E-state index contributed by atoms with van der Waals surface area (Å²) in [6.45, 7) is 1.51. The summed E-state index contributed by atoms with van der Waals surface area (Å²) in [5, 5.41) is 15.2. The van der Waals surface area contributed by atoms with Gasteiger partial charge in [0.15, 0.2) is 11.6 Å². The number of hydrogen-bond acceptors (Lipinski definition) is 7. The fourth-order valence-corrected chi connectivity index (χ4v) is 3.29. The Morgan fingerprint density at radius 3 is 2.50 bits per heavy atom. The molecule has 8 nitrogen and oxygen atoms in total. The molecule has 1 aliphatic heterocycles. The van der Waals surface area contributed by atoms with Gasteiger partial charge in [-0.2, -0.15) is 0 Å². The van der Waals surface area contributed by atoms with Crippen LogP contribution in [0.1, 0.15) is 12.8 Å². The molecule has 0 unspecified atom stereocenters. The minimum atomic E-state index is -0.0421. The minimum Gasteiger partial charge on any atom is -0.497 e. The number of benzene rings is 1. The van der Waals surface area contributed by atoms with E-state index in [1.807, 2.05) is 36.4 Å². The molecule has 0 atom stereocenters. The van der Waals surface area contributed by atoms with Crippen LogP contribution >= 0.6 is 0 Å². The number of amides is 1. The van der Waals surface area contributed by atoms with Gasteiger partial charge in [0.05, 0.1) is 12.8 Å². The minimum absolute atomic E-state index is 0.0190. The topological polar surface area (TPSA) is 93.4 Å². The summed E-state index contributed by atoms with van der Waals surface area (Å²) in [6, 6.07) is 13.3. The van der Waals surface area contributed by atoms with Crippen LogP contribution in [0.2, 0.25) is 0 Å². The van der Waals surface area contributed by atoms with Gasteiger partial charge in [0.1, 0.15) is 12.0 Å². The number of rotatable bonds is 5. The Morgan fingerprint density at radius 2 is 1.89 bits per heavy atom. The highest BCUT2D eigenvalue weighted by atomic mass is 16.5. The van der Waals surface area contributed by atoms with Crippen molar-refractivity contribution in [1.82, 2.24) is 15.4 Å². The van der Waals surface area contributed by atoms with E-state index < -0.39 is 0 Å². The molecule has 1 N–H and O–H groups in total. The predicted octanol–water partition coefficient (Wildman–Crippen LogP) is 3.00. The van der Waals surface area contributed by atoms with Gasteiger partial charge in [-0.05, 0) is 49.2 Å². The number of hydrogen-bond donors (Lipinski definition) is 1. The third-order valence-electron chi connectivity index (χ3n) is 4.92. The number of ether oxygens (including phenoxy) is 1. The van der Waals surface area contributed by atoms with E-state index in [0.717, 1.165) is 48.8 Å². The first-order valence-electron chi connectivity index (χ1n) is 9.17. The molecular weight excluding hydrogens is 358 g/mol. The van der Waals surface area contributed by atoms with Crippen LogP contribution in [0.4, 0.5) is 11.6 Å². The lowest BCUT2D eigenvalue weighted by molar-refractivity contribution is -0.120. The Kier molecular flexibility index (Phi) is 5.18. The summed E-state index contributed by atoms with van der Waals surface area (Å²) in [5.41, 5.74) is 1.80. The maximum atomic E-state index is 12.3. The molecule has 0 saturated carbocycles. The first-order valence-corrected chi connectivity index (χ1v) is 9.17. The van der Waals surface area contributed by atoms with Crippen LogP contribution in [-0.4, -0.2) is 41.5 Å². The molecule has 4 rings (SSSR count). The molecule has 8 heteroatoms. The van der Waals surface area contributed by atoms with Crippen molar-refractivity contribution in [2.45, 2.75) is 12.8 Å². The Labute approximate surface area is 162 Å². The second-order valence-electron chi connectivity index (χ2n) is 6.64. The van der Waals surface area contributed by atoms with Gasteiger partial charge in [-0.25, -0.2) is 0 Å². The van der Waals surface area contributed by atoms with E-state index in [0.29, 0.717) is 5.82 Å². The maximum Gasteiger partial charge on any atom is 0.228 e. The van der Waals surface area contributed by atoms with Crippen molar-refractivity contribution in [3.05, 3.63) is 48.7 Å². The zero-order valence-corrected chi connectivity index (χ0v) is 15.5. The normalized spacial score (nSPS) is 14.7. The Bertz CT molecular complexity index is 902. The fourth-order valence-electron chi connectivity index (χ4n) is 3.29. The second kappa shape index (κ2) is 8.08. The fraction of sp³-hybridized carbons (Fsp3) is 0.300. The van der Waals surface area contributed by atoms with E-state index in [1.54, 1.807) is 13.2 Å². The standard InChI is InChI=1S/C20H21N5O3/c1-27-16-4-2-14(3-5-16)17-6-7-19(23-22-17)25-11-8-15(9-12-25)20(26)21-18-10-13-28-24-18/h2-7,10,13,15H,8-9,11-12H2,1H3,(H,21,24,26). The van der Waals surface area contributed by atoms with Crippen LogP contribution in [0.25, 0.3) is 11.3 Å². The molecule has 0 bridgehead atoms. The highest BCUT2D eigenvalue weighted by Crippen LogP contribution is 2.25. The van der Waals surface area contributed by atoms with Crippen molar-refractivity contribution in [3.63, 3.8) is 0 Å². The van der Waals surface area contributed by atoms with E-state index in [2.05, 4.69) is 25.6 Å². The molecule has 1 fully saturated rings. The molecule has 1 aromatic carbocycles. The van der Waals surface area contributed by atoms with Crippen LogP contribution in [0.3, 0.4) is 0 Å². The van der Waals surface area contributed by atoms with Gasteiger partial charge in [-0.15, -0.1) is 10.2 Å². The predicted molar refractivity (Wildman–Crippen MR) is 104 cm³/mol. The molecule has 1 amide bonds. The Balaban J connectivity index is 1.34. The number of aromatic nitrogens is 3. The highest BCUT2D eigenvalue weighted by molar-refractivity contribution is 5.91. The van der Waals surface area contributed by atoms with Gasteiger partial charge in [0, 0.05) is 30.6 Å². The summed E-state index contributed by atoms with van der Waals surface area (Å²) in [4.78, 5) is 14.5. The van der Waals surface area contributed by atoms with Crippen LogP contribution < -0.4 is 15.0 Å². The molecule has 1 saturated heterocycles. The lowest BCUT2D eigenvalue weighted by Gasteiger charge is -2.31. The first-order chi connectivity index (χ1) is 13.7. The van der Waals surface area contributed by atoms with Gasteiger partial charge in [0.2, 0.25) is 5.91 Å². The monoisotopic (exact) mass is 379 g/mol. The van der Waals surface area contributed by atoms with Crippen molar-refractivity contribution in [3.8, 4) is 17.0 Å². The van der Waals surface area contributed by atoms with Gasteiger partial charge >= 0.3 is 0 Å². The van der Waals surface area contributed by atoms with Gasteiger partial charge < -0.3 is 19.5 Å². The molecular formula is C20H21N5O3. The molecule has 3 aromatic rings. The molecule has 2 aromatic heterocycles. The summed E-state index contributed by atoms with van der Waals surface area (Å²) in [7, 11) is 1.64. The Morgan fingerprint density at radius 1 is 1.11 bits per heavy atom. The van der Waals surface area contributed by atoms with E-state index in [1.165, 1.54) is 6.26 Å². The van der Waals surface area contributed by atoms with E-state index >= 15 is 0 Å². The van der Waals surface area contributed by atoms with Crippen LogP contribution in [0, 0.1) is 5.92 Å². The number of nitrogens with zero attached hydrogens (tertiary/aromatic N) is 4. The van der Waals surface area contributed by atoms with E-state index in [4.69, 9.17) is 9.26 Å². The van der Waals surface area contributed by atoms with Crippen LogP contribution in [0.15, 0.2) is 53.3 Å². The van der Waals surface area contributed by atoms with Crippen molar-refractivity contribution in [1.29, 1.82) is 0 Å². The average Bonchev–Trinajstić information content (AvgIpc) is 3.27. The lowest BCUT2D eigenvalue weighted by Crippen LogP contribution is -2.38. The lowest BCUT2D eigenvalue weighted by atomic mass is 9.96. The van der Waals surface area contributed by atoms with Crippen molar-refractivity contribution < 1.29 is 14.1 Å². The van der Waals surface area contributed by atoms with E-state index in [-0.39, 0.29) is 11.8 Å². The smallest absolute Gasteiger partial charge is 0.228 e. The summed E-state index contributed by atoms with van der Waals surface area (Å²) in [5.74, 6) is 2.03. The van der Waals surface area contributed by atoms with Crippen molar-refractivity contribution in [2.75, 3.05) is 30.4 Å². The van der Waals surface area contributed by atoms with Crippen molar-refractivity contribution >= 4 is 17.5 Å². The summed E-state index contributed by atoms with van der Waals surface area (Å²) < 4.78 is 9.92. The SMILES string of the molecule is COc1ccc(-c2ccc(N3CCC(C(=O)Nc4ccon4)CC3)nn2)cc1. The number of methoxy groups -OCH3 is 1. The first kappa shape index (κ1) is 18.0. The van der Waals surface area contributed by atoms with Crippen molar-refractivity contribution in [2.24, 2.45) is 5.92 Å². The van der Waals surface area contributed by atoms with Gasteiger partial charge in [-0.1, -0.05) is 5.16 Å². The number of anilines is 2. The number of piperidine rings is 1. The average molecular weight is 379 g/mol. The number of carbonyl (C=O) groups is 1. The Hall–Kier alpha value is -3.42. The molecule has 144 valence electrons. The van der Waals surface area contributed by atoms with Gasteiger partial charge in [-0.3, -0.25) is 4.79 Å². The maximum absolute atomic E-state index is 12.3. The molecule has 3 heterocycles. The quantitative estimate of drug-likeness (QED) is 0.728.